The lowest BCUT2D eigenvalue weighted by Gasteiger charge is -2.18. The molecule has 1 aromatic carbocycles. The highest BCUT2D eigenvalue weighted by Gasteiger charge is 2.19. The summed E-state index contributed by atoms with van der Waals surface area (Å²) in [5.74, 6) is 0.877. The van der Waals surface area contributed by atoms with E-state index in [-0.39, 0.29) is 0 Å². The molecule has 1 aliphatic rings. The molecule has 0 nitrogen and oxygen atoms in total. The third kappa shape index (κ3) is 3.84. The van der Waals surface area contributed by atoms with Gasteiger partial charge in [-0.25, -0.2) is 0 Å². The van der Waals surface area contributed by atoms with Gasteiger partial charge in [0.2, 0.25) is 0 Å². The van der Waals surface area contributed by atoms with Gasteiger partial charge >= 0.3 is 0 Å². The van der Waals surface area contributed by atoms with Crippen LogP contribution in [0.2, 0.25) is 0 Å². The van der Waals surface area contributed by atoms with Crippen LogP contribution >= 0.6 is 15.9 Å². The minimum absolute atomic E-state index is 0.750. The lowest BCUT2D eigenvalue weighted by molar-refractivity contribution is 0.463. The maximum atomic E-state index is 3.83. The molecule has 0 amide bonds. The predicted octanol–water partition coefficient (Wildman–Crippen LogP) is 5.19. The summed E-state index contributed by atoms with van der Waals surface area (Å²) in [6.07, 6.45) is 8.22. The van der Waals surface area contributed by atoms with Crippen LogP contribution in [0.15, 0.2) is 18.2 Å². The minimum atomic E-state index is 0.750. The van der Waals surface area contributed by atoms with E-state index in [1.165, 1.54) is 49.7 Å². The molecule has 0 heterocycles. The molecule has 1 fully saturated rings. The van der Waals surface area contributed by atoms with Gasteiger partial charge in [0.15, 0.2) is 0 Å². The van der Waals surface area contributed by atoms with Crippen LogP contribution in [0.1, 0.15) is 48.8 Å². The largest absolute Gasteiger partial charge is 0.0891 e. The second-order valence-corrected chi connectivity index (χ2v) is 6.91. The first kappa shape index (κ1) is 13.1. The Morgan fingerprint density at radius 3 is 2.76 bits per heavy atom. The van der Waals surface area contributed by atoms with Crippen LogP contribution in [-0.2, 0) is 6.42 Å². The van der Waals surface area contributed by atoms with Crippen molar-refractivity contribution in [2.24, 2.45) is 5.92 Å². The van der Waals surface area contributed by atoms with Crippen LogP contribution in [0.25, 0.3) is 0 Å². The van der Waals surface area contributed by atoms with E-state index in [9.17, 15) is 0 Å². The van der Waals surface area contributed by atoms with Crippen LogP contribution < -0.4 is 0 Å². The molecule has 0 saturated heterocycles. The lowest BCUT2D eigenvalue weighted by atomic mass is 9.90. The van der Waals surface area contributed by atoms with Crippen molar-refractivity contribution in [1.29, 1.82) is 0 Å². The quantitative estimate of drug-likeness (QED) is 0.520. The fourth-order valence-corrected chi connectivity index (χ4v) is 3.77. The zero-order chi connectivity index (χ0) is 12.3. The molecule has 1 heteroatoms. The second kappa shape index (κ2) is 6.04. The van der Waals surface area contributed by atoms with Gasteiger partial charge in [-0.1, -0.05) is 59.0 Å². The average Bonchev–Trinajstić information content (AvgIpc) is 2.48. The summed E-state index contributed by atoms with van der Waals surface area (Å²) in [6.45, 7) is 4.44. The molecule has 1 saturated carbocycles. The van der Waals surface area contributed by atoms with E-state index in [0.717, 1.165) is 10.7 Å². The zero-order valence-electron chi connectivity index (χ0n) is 11.0. The maximum absolute atomic E-state index is 3.83. The second-order valence-electron chi connectivity index (χ2n) is 5.62. The van der Waals surface area contributed by atoms with E-state index in [4.69, 9.17) is 0 Å². The number of hydrogen-bond acceptors (Lipinski definition) is 0. The highest BCUT2D eigenvalue weighted by Crippen LogP contribution is 2.30. The van der Waals surface area contributed by atoms with Gasteiger partial charge in [0.25, 0.3) is 0 Å². The molecule has 17 heavy (non-hydrogen) atoms. The van der Waals surface area contributed by atoms with Gasteiger partial charge in [0, 0.05) is 4.83 Å². The van der Waals surface area contributed by atoms with Crippen molar-refractivity contribution in [1.82, 2.24) is 0 Å². The van der Waals surface area contributed by atoms with Gasteiger partial charge in [-0.3, -0.25) is 0 Å². The summed E-state index contributed by atoms with van der Waals surface area (Å²) in [5.41, 5.74) is 4.43. The molecule has 0 N–H and O–H groups in total. The molecule has 94 valence electrons. The summed E-state index contributed by atoms with van der Waals surface area (Å²) in [7, 11) is 0. The first-order valence-corrected chi connectivity index (χ1v) is 7.77. The van der Waals surface area contributed by atoms with Crippen LogP contribution in [-0.4, -0.2) is 4.83 Å². The Morgan fingerprint density at radius 2 is 1.94 bits per heavy atom. The number of hydrogen-bond donors (Lipinski definition) is 0. The maximum Gasteiger partial charge on any atom is 0.0148 e. The van der Waals surface area contributed by atoms with Crippen LogP contribution in [0.5, 0.6) is 0 Å². The average molecular weight is 295 g/mol. The van der Waals surface area contributed by atoms with Crippen molar-refractivity contribution >= 4 is 15.9 Å². The van der Waals surface area contributed by atoms with Crippen molar-refractivity contribution in [3.63, 3.8) is 0 Å². The minimum Gasteiger partial charge on any atom is -0.0891 e. The Morgan fingerprint density at radius 1 is 1.18 bits per heavy atom. The molecule has 2 atom stereocenters. The van der Waals surface area contributed by atoms with Gasteiger partial charge in [0.1, 0.15) is 0 Å². The van der Waals surface area contributed by atoms with E-state index in [2.05, 4.69) is 48.0 Å². The van der Waals surface area contributed by atoms with Crippen LogP contribution in [0, 0.1) is 19.8 Å². The molecule has 0 bridgehead atoms. The summed E-state index contributed by atoms with van der Waals surface area (Å²) in [6, 6.07) is 6.87. The standard InChI is InChI=1S/C16H23Br/c1-12-7-8-13(2)15(9-12)10-14-5-3-4-6-16(17)11-14/h7-9,14,16H,3-6,10-11H2,1-2H3. The van der Waals surface area contributed by atoms with E-state index >= 15 is 0 Å². The fraction of sp³-hybridized carbons (Fsp3) is 0.625. The Labute approximate surface area is 114 Å². The molecule has 2 unspecified atom stereocenters. The van der Waals surface area contributed by atoms with Crippen LogP contribution in [0.4, 0.5) is 0 Å². The number of aryl methyl sites for hydroxylation is 2. The Kier molecular flexibility index (Phi) is 4.67. The van der Waals surface area contributed by atoms with Gasteiger partial charge in [-0.2, -0.15) is 0 Å². The van der Waals surface area contributed by atoms with Crippen LogP contribution in [0.3, 0.4) is 0 Å². The monoisotopic (exact) mass is 294 g/mol. The number of halogens is 1. The van der Waals surface area contributed by atoms with Crippen molar-refractivity contribution in [3.05, 3.63) is 34.9 Å². The molecule has 0 aromatic heterocycles. The first-order valence-electron chi connectivity index (χ1n) is 6.85. The van der Waals surface area contributed by atoms with Crippen molar-refractivity contribution in [2.75, 3.05) is 0 Å². The molecule has 1 aromatic rings. The number of alkyl halides is 1. The van der Waals surface area contributed by atoms with Gasteiger partial charge in [-0.05, 0) is 50.2 Å². The first-order chi connectivity index (χ1) is 8.15. The van der Waals surface area contributed by atoms with Crippen molar-refractivity contribution in [2.45, 2.75) is 57.2 Å². The summed E-state index contributed by atoms with van der Waals surface area (Å²) < 4.78 is 0. The summed E-state index contributed by atoms with van der Waals surface area (Å²) >= 11 is 3.83. The molecule has 1 aliphatic carbocycles. The lowest BCUT2D eigenvalue weighted by Crippen LogP contribution is -2.09. The Hall–Kier alpha value is -0.300. The third-order valence-electron chi connectivity index (χ3n) is 3.98. The van der Waals surface area contributed by atoms with E-state index in [0.29, 0.717) is 0 Å². The van der Waals surface area contributed by atoms with Gasteiger partial charge in [-0.15, -0.1) is 0 Å². The van der Waals surface area contributed by atoms with E-state index in [1.807, 2.05) is 0 Å². The van der Waals surface area contributed by atoms with E-state index in [1.54, 1.807) is 5.56 Å². The zero-order valence-corrected chi connectivity index (χ0v) is 12.6. The fourth-order valence-electron chi connectivity index (χ4n) is 2.91. The highest BCUT2D eigenvalue weighted by molar-refractivity contribution is 9.09. The van der Waals surface area contributed by atoms with Gasteiger partial charge in [0.05, 0.1) is 0 Å². The third-order valence-corrected chi connectivity index (χ3v) is 4.81. The topological polar surface area (TPSA) is 0 Å². The Bertz CT molecular complexity index is 370. The molecular weight excluding hydrogens is 272 g/mol. The normalized spacial score (nSPS) is 25.6. The molecular formula is C16H23Br. The number of rotatable bonds is 2. The SMILES string of the molecule is Cc1ccc(C)c(CC2CCCCC(Br)C2)c1. The Balaban J connectivity index is 2.06. The predicted molar refractivity (Wildman–Crippen MR) is 78.9 cm³/mol. The molecule has 2 rings (SSSR count). The van der Waals surface area contributed by atoms with Gasteiger partial charge < -0.3 is 0 Å². The summed E-state index contributed by atoms with van der Waals surface area (Å²) in [5, 5.41) is 0. The molecule has 0 spiro atoms. The molecule has 0 aliphatic heterocycles. The molecule has 0 radical (unpaired) electrons. The smallest absolute Gasteiger partial charge is 0.0148 e. The highest BCUT2D eigenvalue weighted by atomic mass is 79.9. The van der Waals surface area contributed by atoms with Crippen molar-refractivity contribution < 1.29 is 0 Å². The summed E-state index contributed by atoms with van der Waals surface area (Å²) in [4.78, 5) is 0.750. The number of benzene rings is 1. The van der Waals surface area contributed by atoms with Crippen molar-refractivity contribution in [3.8, 4) is 0 Å². The van der Waals surface area contributed by atoms with E-state index < -0.39 is 0 Å².